The van der Waals surface area contributed by atoms with Crippen LogP contribution in [0.3, 0.4) is 0 Å². The van der Waals surface area contributed by atoms with Crippen LogP contribution in [0, 0.1) is 6.92 Å². The largest absolute Gasteiger partial charge is 0.488 e. The molecule has 2 N–H and O–H groups in total. The SMILES string of the molecule is CCCOC1C(N)CC1Oc1ccc(C(C)C)c(C)c1. The lowest BCUT2D eigenvalue weighted by atomic mass is 9.86. The van der Waals surface area contributed by atoms with Gasteiger partial charge in [0.15, 0.2) is 0 Å². The molecule has 0 aromatic heterocycles. The van der Waals surface area contributed by atoms with Gasteiger partial charge in [-0.3, -0.25) is 0 Å². The van der Waals surface area contributed by atoms with Crippen molar-refractivity contribution in [1.29, 1.82) is 0 Å². The second-order valence-corrected chi connectivity index (χ2v) is 6.06. The van der Waals surface area contributed by atoms with Crippen LogP contribution in [0.4, 0.5) is 0 Å². The van der Waals surface area contributed by atoms with Crippen LogP contribution >= 0.6 is 0 Å². The monoisotopic (exact) mass is 277 g/mol. The van der Waals surface area contributed by atoms with E-state index in [1.54, 1.807) is 0 Å². The van der Waals surface area contributed by atoms with Crippen LogP contribution in [0.1, 0.15) is 50.7 Å². The lowest BCUT2D eigenvalue weighted by molar-refractivity contribution is -0.0980. The molecular formula is C17H27NO2. The molecule has 0 amide bonds. The summed E-state index contributed by atoms with van der Waals surface area (Å²) in [6.07, 6.45) is 2.03. The average Bonchev–Trinajstić information content (AvgIpc) is 2.38. The molecule has 0 spiro atoms. The van der Waals surface area contributed by atoms with Crippen molar-refractivity contribution in [3.63, 3.8) is 0 Å². The molecule has 0 heterocycles. The maximum absolute atomic E-state index is 6.04. The van der Waals surface area contributed by atoms with Crippen molar-refractivity contribution in [1.82, 2.24) is 0 Å². The summed E-state index contributed by atoms with van der Waals surface area (Å²) < 4.78 is 11.8. The van der Waals surface area contributed by atoms with Crippen molar-refractivity contribution in [2.75, 3.05) is 6.61 Å². The van der Waals surface area contributed by atoms with Crippen LogP contribution in [0.25, 0.3) is 0 Å². The maximum atomic E-state index is 6.04. The van der Waals surface area contributed by atoms with E-state index in [0.717, 1.165) is 25.2 Å². The van der Waals surface area contributed by atoms with Gasteiger partial charge in [-0.15, -0.1) is 0 Å². The first kappa shape index (κ1) is 15.3. The van der Waals surface area contributed by atoms with Gasteiger partial charge in [0.2, 0.25) is 0 Å². The lowest BCUT2D eigenvalue weighted by Gasteiger charge is -2.41. The highest BCUT2D eigenvalue weighted by Gasteiger charge is 2.41. The topological polar surface area (TPSA) is 44.5 Å². The molecule has 1 aliphatic carbocycles. The first-order chi connectivity index (χ1) is 9.52. The van der Waals surface area contributed by atoms with Crippen molar-refractivity contribution in [3.8, 4) is 5.75 Å². The molecule has 1 aromatic rings. The molecule has 20 heavy (non-hydrogen) atoms. The number of nitrogens with two attached hydrogens (primary N) is 1. The summed E-state index contributed by atoms with van der Waals surface area (Å²) in [7, 11) is 0. The average molecular weight is 277 g/mol. The minimum atomic E-state index is 0.0417. The van der Waals surface area contributed by atoms with Crippen molar-refractivity contribution >= 4 is 0 Å². The van der Waals surface area contributed by atoms with E-state index in [9.17, 15) is 0 Å². The number of ether oxygens (including phenoxy) is 2. The molecule has 1 aromatic carbocycles. The fraction of sp³-hybridized carbons (Fsp3) is 0.647. The number of hydrogen-bond donors (Lipinski definition) is 1. The zero-order valence-electron chi connectivity index (χ0n) is 13.1. The van der Waals surface area contributed by atoms with E-state index >= 15 is 0 Å². The Hall–Kier alpha value is -1.06. The zero-order valence-corrected chi connectivity index (χ0v) is 13.1. The predicted molar refractivity (Wildman–Crippen MR) is 82.3 cm³/mol. The van der Waals surface area contributed by atoms with Crippen molar-refractivity contribution in [2.45, 2.75) is 64.7 Å². The summed E-state index contributed by atoms with van der Waals surface area (Å²) in [5.41, 5.74) is 8.66. The molecule has 0 aliphatic heterocycles. The third-order valence-corrected chi connectivity index (χ3v) is 3.96. The number of hydrogen-bond acceptors (Lipinski definition) is 3. The summed E-state index contributed by atoms with van der Waals surface area (Å²) in [4.78, 5) is 0. The molecule has 0 radical (unpaired) electrons. The van der Waals surface area contributed by atoms with Crippen LogP contribution in [-0.2, 0) is 4.74 Å². The molecule has 1 fully saturated rings. The van der Waals surface area contributed by atoms with E-state index in [1.807, 2.05) is 0 Å². The molecule has 1 saturated carbocycles. The molecule has 112 valence electrons. The van der Waals surface area contributed by atoms with Gasteiger partial charge < -0.3 is 15.2 Å². The summed E-state index contributed by atoms with van der Waals surface area (Å²) in [5.74, 6) is 1.47. The molecule has 1 aliphatic rings. The first-order valence-corrected chi connectivity index (χ1v) is 7.67. The number of aryl methyl sites for hydroxylation is 1. The minimum Gasteiger partial charge on any atom is -0.488 e. The quantitative estimate of drug-likeness (QED) is 0.867. The Labute approximate surface area is 122 Å². The second kappa shape index (κ2) is 6.59. The van der Waals surface area contributed by atoms with Gasteiger partial charge in [0, 0.05) is 19.1 Å². The summed E-state index contributed by atoms with van der Waals surface area (Å²) in [5, 5.41) is 0. The standard InChI is InChI=1S/C17H27NO2/c1-5-8-19-17-15(18)10-16(17)20-13-6-7-14(11(2)3)12(4)9-13/h6-7,9,11,15-17H,5,8,10,18H2,1-4H3. The van der Waals surface area contributed by atoms with E-state index in [1.165, 1.54) is 11.1 Å². The molecule has 0 bridgehead atoms. The molecule has 3 heteroatoms. The first-order valence-electron chi connectivity index (χ1n) is 7.67. The highest BCUT2D eigenvalue weighted by Crippen LogP contribution is 2.30. The molecule has 2 rings (SSSR count). The molecule has 3 atom stereocenters. The molecule has 3 nitrogen and oxygen atoms in total. The van der Waals surface area contributed by atoms with Gasteiger partial charge in [0.1, 0.15) is 18.0 Å². The fourth-order valence-electron chi connectivity index (χ4n) is 2.76. The van der Waals surface area contributed by atoms with Gasteiger partial charge >= 0.3 is 0 Å². The van der Waals surface area contributed by atoms with Crippen LogP contribution < -0.4 is 10.5 Å². The fourth-order valence-corrected chi connectivity index (χ4v) is 2.76. The van der Waals surface area contributed by atoms with Crippen LogP contribution in [0.15, 0.2) is 18.2 Å². The molecule has 0 saturated heterocycles. The predicted octanol–water partition coefficient (Wildman–Crippen LogP) is 3.39. The second-order valence-electron chi connectivity index (χ2n) is 6.06. The van der Waals surface area contributed by atoms with Gasteiger partial charge in [-0.05, 0) is 42.5 Å². The summed E-state index contributed by atoms with van der Waals surface area (Å²) in [6.45, 7) is 9.42. The van der Waals surface area contributed by atoms with Crippen molar-refractivity contribution in [2.24, 2.45) is 5.73 Å². The van der Waals surface area contributed by atoms with E-state index in [-0.39, 0.29) is 18.2 Å². The third-order valence-electron chi connectivity index (χ3n) is 3.96. The van der Waals surface area contributed by atoms with Crippen LogP contribution in [0.5, 0.6) is 5.75 Å². The van der Waals surface area contributed by atoms with Gasteiger partial charge in [-0.1, -0.05) is 26.8 Å². The highest BCUT2D eigenvalue weighted by atomic mass is 16.5. The zero-order chi connectivity index (χ0) is 14.7. The molecular weight excluding hydrogens is 250 g/mol. The Kier molecular flexibility index (Phi) is 5.06. The van der Waals surface area contributed by atoms with Gasteiger partial charge in [0.25, 0.3) is 0 Å². The van der Waals surface area contributed by atoms with Gasteiger partial charge in [-0.25, -0.2) is 0 Å². The Bertz CT molecular complexity index is 445. The Morgan fingerprint density at radius 2 is 2.10 bits per heavy atom. The molecule has 3 unspecified atom stereocenters. The highest BCUT2D eigenvalue weighted by molar-refractivity contribution is 5.36. The lowest BCUT2D eigenvalue weighted by Crippen LogP contribution is -2.59. The summed E-state index contributed by atoms with van der Waals surface area (Å²) in [6, 6.07) is 6.46. The number of rotatable bonds is 6. The number of benzene rings is 1. The minimum absolute atomic E-state index is 0.0417. The smallest absolute Gasteiger partial charge is 0.128 e. The summed E-state index contributed by atoms with van der Waals surface area (Å²) >= 11 is 0. The van der Waals surface area contributed by atoms with E-state index in [4.69, 9.17) is 15.2 Å². The van der Waals surface area contributed by atoms with E-state index < -0.39 is 0 Å². The van der Waals surface area contributed by atoms with Crippen LogP contribution in [-0.4, -0.2) is 24.9 Å². The Balaban J connectivity index is 1.98. The maximum Gasteiger partial charge on any atom is 0.128 e. The van der Waals surface area contributed by atoms with Crippen molar-refractivity contribution in [3.05, 3.63) is 29.3 Å². The van der Waals surface area contributed by atoms with Crippen LogP contribution in [0.2, 0.25) is 0 Å². The third kappa shape index (κ3) is 3.33. The Morgan fingerprint density at radius 3 is 2.65 bits per heavy atom. The van der Waals surface area contributed by atoms with Gasteiger partial charge in [-0.2, -0.15) is 0 Å². The van der Waals surface area contributed by atoms with Gasteiger partial charge in [0.05, 0.1) is 0 Å². The van der Waals surface area contributed by atoms with E-state index in [2.05, 4.69) is 45.9 Å². The van der Waals surface area contributed by atoms with E-state index in [0.29, 0.717) is 5.92 Å². The van der Waals surface area contributed by atoms with Crippen molar-refractivity contribution < 1.29 is 9.47 Å². The Morgan fingerprint density at radius 1 is 1.35 bits per heavy atom. The normalized spacial score (nSPS) is 25.6.